The third-order valence-electron chi connectivity index (χ3n) is 3.06. The predicted octanol–water partition coefficient (Wildman–Crippen LogP) is 4.46. The molecule has 3 heteroatoms. The molecule has 0 radical (unpaired) electrons. The summed E-state index contributed by atoms with van der Waals surface area (Å²) in [5.41, 5.74) is 2.83. The van der Waals surface area contributed by atoms with Crippen molar-refractivity contribution in [3.8, 4) is 11.3 Å². The molecule has 0 saturated heterocycles. The summed E-state index contributed by atoms with van der Waals surface area (Å²) in [7, 11) is 0. The van der Waals surface area contributed by atoms with E-state index in [0.717, 1.165) is 22.6 Å². The number of nitrogens with zero attached hydrogens (tertiary/aromatic N) is 1. The molecular formula is C15H19FN2. The van der Waals surface area contributed by atoms with Gasteiger partial charge in [-0.05, 0) is 23.6 Å². The topological polar surface area (TPSA) is 28.7 Å². The van der Waals surface area contributed by atoms with Gasteiger partial charge in [0, 0.05) is 17.7 Å². The van der Waals surface area contributed by atoms with Gasteiger partial charge < -0.3 is 4.98 Å². The van der Waals surface area contributed by atoms with Crippen LogP contribution in [0.25, 0.3) is 11.3 Å². The Bertz CT molecular complexity index is 541. The number of hydrogen-bond acceptors (Lipinski definition) is 1. The van der Waals surface area contributed by atoms with Crippen LogP contribution in [0.4, 0.5) is 4.39 Å². The van der Waals surface area contributed by atoms with Gasteiger partial charge in [-0.25, -0.2) is 9.37 Å². The Labute approximate surface area is 107 Å². The van der Waals surface area contributed by atoms with Crippen LogP contribution in [0.3, 0.4) is 0 Å². The minimum absolute atomic E-state index is 0.219. The lowest BCUT2D eigenvalue weighted by Gasteiger charge is -2.11. The van der Waals surface area contributed by atoms with Gasteiger partial charge in [-0.1, -0.05) is 33.8 Å². The van der Waals surface area contributed by atoms with E-state index in [4.69, 9.17) is 0 Å². The summed E-state index contributed by atoms with van der Waals surface area (Å²) in [6, 6.07) is 4.92. The van der Waals surface area contributed by atoms with E-state index in [2.05, 4.69) is 37.7 Å². The van der Waals surface area contributed by atoms with Gasteiger partial charge >= 0.3 is 0 Å². The molecule has 0 fully saturated rings. The highest BCUT2D eigenvalue weighted by Gasteiger charge is 2.13. The van der Waals surface area contributed by atoms with Crippen LogP contribution >= 0.6 is 0 Å². The predicted molar refractivity (Wildman–Crippen MR) is 72.2 cm³/mol. The number of imidazole rings is 1. The zero-order valence-electron chi connectivity index (χ0n) is 11.3. The molecule has 1 aromatic heterocycles. The van der Waals surface area contributed by atoms with E-state index in [9.17, 15) is 4.39 Å². The molecule has 0 unspecified atom stereocenters. The standard InChI is InChI=1S/C15H19FN2/c1-9(2)12-6-5-11(16)7-13(12)14-8-17-15(18-14)10(3)4/h5-10H,1-4H3,(H,17,18). The smallest absolute Gasteiger partial charge is 0.123 e. The van der Waals surface area contributed by atoms with Gasteiger partial charge in [-0.2, -0.15) is 0 Å². The van der Waals surface area contributed by atoms with Crippen molar-refractivity contribution in [2.45, 2.75) is 39.5 Å². The van der Waals surface area contributed by atoms with Crippen LogP contribution in [0.5, 0.6) is 0 Å². The van der Waals surface area contributed by atoms with E-state index < -0.39 is 0 Å². The summed E-state index contributed by atoms with van der Waals surface area (Å²) >= 11 is 0. The van der Waals surface area contributed by atoms with E-state index in [1.807, 2.05) is 12.3 Å². The molecule has 0 aliphatic rings. The first-order chi connectivity index (χ1) is 8.49. The first-order valence-corrected chi connectivity index (χ1v) is 6.34. The van der Waals surface area contributed by atoms with Gasteiger partial charge in [0.1, 0.15) is 11.6 Å². The molecule has 0 spiro atoms. The maximum atomic E-state index is 13.4. The monoisotopic (exact) mass is 246 g/mol. The SMILES string of the molecule is CC(C)c1nc(-c2cc(F)ccc2C(C)C)c[nH]1. The van der Waals surface area contributed by atoms with Crippen LogP contribution in [0.2, 0.25) is 0 Å². The summed E-state index contributed by atoms with van der Waals surface area (Å²) < 4.78 is 13.4. The van der Waals surface area contributed by atoms with Crippen LogP contribution in [0, 0.1) is 5.82 Å². The lowest BCUT2D eigenvalue weighted by Crippen LogP contribution is -1.94. The molecule has 96 valence electrons. The van der Waals surface area contributed by atoms with Crippen LogP contribution in [-0.4, -0.2) is 9.97 Å². The molecule has 1 aromatic carbocycles. The molecule has 0 bridgehead atoms. The molecule has 0 aliphatic carbocycles. The number of hydrogen-bond donors (Lipinski definition) is 1. The summed E-state index contributed by atoms with van der Waals surface area (Å²) in [5, 5.41) is 0. The number of aromatic amines is 1. The number of halogens is 1. The quantitative estimate of drug-likeness (QED) is 0.850. The average Bonchev–Trinajstić information content (AvgIpc) is 2.77. The second kappa shape index (κ2) is 4.92. The van der Waals surface area contributed by atoms with Gasteiger partial charge in [-0.15, -0.1) is 0 Å². The van der Waals surface area contributed by atoms with Crippen molar-refractivity contribution >= 4 is 0 Å². The van der Waals surface area contributed by atoms with Crippen molar-refractivity contribution in [2.75, 3.05) is 0 Å². The second-order valence-electron chi connectivity index (χ2n) is 5.21. The number of benzene rings is 1. The van der Waals surface area contributed by atoms with E-state index in [1.165, 1.54) is 6.07 Å². The molecule has 2 nitrogen and oxygen atoms in total. The Balaban J connectivity index is 2.51. The molecule has 0 saturated carbocycles. The maximum Gasteiger partial charge on any atom is 0.123 e. The third kappa shape index (κ3) is 2.45. The molecule has 0 amide bonds. The Morgan fingerprint density at radius 2 is 1.83 bits per heavy atom. The fraction of sp³-hybridized carbons (Fsp3) is 0.400. The minimum Gasteiger partial charge on any atom is -0.348 e. The van der Waals surface area contributed by atoms with Crippen LogP contribution in [-0.2, 0) is 0 Å². The normalized spacial score (nSPS) is 11.5. The van der Waals surface area contributed by atoms with Gasteiger partial charge in [-0.3, -0.25) is 0 Å². The average molecular weight is 246 g/mol. The molecule has 18 heavy (non-hydrogen) atoms. The Hall–Kier alpha value is -1.64. The molecule has 2 rings (SSSR count). The van der Waals surface area contributed by atoms with Crippen molar-refractivity contribution < 1.29 is 4.39 Å². The van der Waals surface area contributed by atoms with Crippen LogP contribution in [0.15, 0.2) is 24.4 Å². The van der Waals surface area contributed by atoms with Gasteiger partial charge in [0.15, 0.2) is 0 Å². The minimum atomic E-state index is -0.219. The highest BCUT2D eigenvalue weighted by atomic mass is 19.1. The first-order valence-electron chi connectivity index (χ1n) is 6.34. The fourth-order valence-corrected chi connectivity index (χ4v) is 2.02. The zero-order chi connectivity index (χ0) is 13.3. The Morgan fingerprint density at radius 3 is 2.39 bits per heavy atom. The number of rotatable bonds is 3. The van der Waals surface area contributed by atoms with Gasteiger partial charge in [0.2, 0.25) is 0 Å². The van der Waals surface area contributed by atoms with Crippen molar-refractivity contribution in [3.05, 3.63) is 41.6 Å². The highest BCUT2D eigenvalue weighted by Crippen LogP contribution is 2.29. The summed E-state index contributed by atoms with van der Waals surface area (Å²) in [6.07, 6.45) is 1.86. The zero-order valence-corrected chi connectivity index (χ0v) is 11.3. The van der Waals surface area contributed by atoms with Crippen molar-refractivity contribution in [1.29, 1.82) is 0 Å². The third-order valence-corrected chi connectivity index (χ3v) is 3.06. The molecule has 1 N–H and O–H groups in total. The van der Waals surface area contributed by atoms with Crippen molar-refractivity contribution in [2.24, 2.45) is 0 Å². The molecule has 0 atom stereocenters. The van der Waals surface area contributed by atoms with E-state index in [1.54, 1.807) is 6.07 Å². The van der Waals surface area contributed by atoms with Crippen molar-refractivity contribution in [1.82, 2.24) is 9.97 Å². The second-order valence-corrected chi connectivity index (χ2v) is 5.21. The highest BCUT2D eigenvalue weighted by molar-refractivity contribution is 5.64. The van der Waals surface area contributed by atoms with Gasteiger partial charge in [0.25, 0.3) is 0 Å². The largest absolute Gasteiger partial charge is 0.348 e. The van der Waals surface area contributed by atoms with Gasteiger partial charge in [0.05, 0.1) is 5.69 Å². The molecular weight excluding hydrogens is 227 g/mol. The molecule has 2 aromatic rings. The molecule has 1 heterocycles. The lowest BCUT2D eigenvalue weighted by atomic mass is 9.95. The fourth-order valence-electron chi connectivity index (χ4n) is 2.02. The van der Waals surface area contributed by atoms with Crippen molar-refractivity contribution in [3.63, 3.8) is 0 Å². The number of aromatic nitrogens is 2. The Morgan fingerprint density at radius 1 is 1.11 bits per heavy atom. The summed E-state index contributed by atoms with van der Waals surface area (Å²) in [6.45, 7) is 8.37. The van der Waals surface area contributed by atoms with E-state index >= 15 is 0 Å². The first kappa shape index (κ1) is 12.8. The van der Waals surface area contributed by atoms with Crippen LogP contribution < -0.4 is 0 Å². The molecule has 0 aliphatic heterocycles. The van der Waals surface area contributed by atoms with E-state index in [0.29, 0.717) is 11.8 Å². The lowest BCUT2D eigenvalue weighted by molar-refractivity contribution is 0.627. The maximum absolute atomic E-state index is 13.4. The number of H-pyrrole nitrogens is 1. The summed E-state index contributed by atoms with van der Waals surface area (Å²) in [4.78, 5) is 7.70. The number of nitrogens with one attached hydrogen (secondary N) is 1. The Kier molecular flexibility index (Phi) is 3.50. The summed E-state index contributed by atoms with van der Waals surface area (Å²) in [5.74, 6) is 1.40. The van der Waals surface area contributed by atoms with Crippen LogP contribution in [0.1, 0.15) is 50.9 Å². The van der Waals surface area contributed by atoms with E-state index in [-0.39, 0.29) is 5.82 Å².